The number of nitrogens with one attached hydrogen (secondary N) is 1. The first-order valence-electron chi connectivity index (χ1n) is 12.1. The maximum Gasteiger partial charge on any atom is 0.407 e. The summed E-state index contributed by atoms with van der Waals surface area (Å²) in [6, 6.07) is 13.4. The van der Waals surface area contributed by atoms with Crippen LogP contribution >= 0.6 is 11.6 Å². The molecule has 0 unspecified atom stereocenters. The molecule has 2 heterocycles. The lowest BCUT2D eigenvalue weighted by molar-refractivity contribution is 0.0496. The Hall–Kier alpha value is -3.61. The second-order valence-corrected chi connectivity index (χ2v) is 10.2. The van der Waals surface area contributed by atoms with Crippen molar-refractivity contribution < 1.29 is 19.0 Å². The summed E-state index contributed by atoms with van der Waals surface area (Å²) in [5.41, 5.74) is 2.98. The summed E-state index contributed by atoms with van der Waals surface area (Å²) in [7, 11) is 1.53. The molecule has 194 valence electrons. The molecule has 3 aromatic rings. The van der Waals surface area contributed by atoms with Crippen molar-refractivity contribution in [1.29, 1.82) is 5.26 Å². The number of carbonyl (C=O) groups excluding carboxylic acids is 1. The molecule has 0 saturated carbocycles. The van der Waals surface area contributed by atoms with Gasteiger partial charge in [-0.25, -0.2) is 4.79 Å². The molecule has 37 heavy (non-hydrogen) atoms. The quantitative estimate of drug-likeness (QED) is 0.433. The van der Waals surface area contributed by atoms with E-state index in [1.165, 1.54) is 7.11 Å². The number of nitrogens with zero attached hydrogens (tertiary/aromatic N) is 4. The van der Waals surface area contributed by atoms with Crippen LogP contribution in [0.5, 0.6) is 5.75 Å². The van der Waals surface area contributed by atoms with E-state index in [0.29, 0.717) is 35.1 Å². The van der Waals surface area contributed by atoms with Gasteiger partial charge in [-0.2, -0.15) is 5.26 Å². The third-order valence-electron chi connectivity index (χ3n) is 5.99. The predicted octanol–water partition coefficient (Wildman–Crippen LogP) is 5.30. The molecule has 1 amide bonds. The standard InChI is InChI=1S/C27H30ClN5O4/c1-27(2,3)37-26(34)30-19-10-12-33(13-11-19)23-21-14-17(8-9-22(21)31-32-25(23)28)20-7-5-6-18(15-29)24(20)36-16-35-4/h5-9,14,19H,10-13,16H2,1-4H3,(H,30,34). The summed E-state index contributed by atoms with van der Waals surface area (Å²) in [5.74, 6) is 0.454. The number of para-hydroxylation sites is 1. The summed E-state index contributed by atoms with van der Waals surface area (Å²) in [4.78, 5) is 14.4. The average Bonchev–Trinajstić information content (AvgIpc) is 2.86. The van der Waals surface area contributed by atoms with E-state index < -0.39 is 11.7 Å². The molecule has 0 atom stereocenters. The van der Waals surface area contributed by atoms with Crippen molar-refractivity contribution in [3.8, 4) is 22.9 Å². The van der Waals surface area contributed by atoms with Gasteiger partial charge in [0.25, 0.3) is 0 Å². The van der Waals surface area contributed by atoms with Crippen molar-refractivity contribution in [2.24, 2.45) is 0 Å². The normalized spacial score (nSPS) is 14.3. The highest BCUT2D eigenvalue weighted by atomic mass is 35.5. The summed E-state index contributed by atoms with van der Waals surface area (Å²) in [6.45, 7) is 6.91. The number of alkyl carbamates (subject to hydrolysis) is 1. The number of nitriles is 1. The summed E-state index contributed by atoms with van der Waals surface area (Å²) < 4.78 is 16.2. The molecule has 1 fully saturated rings. The van der Waals surface area contributed by atoms with Crippen molar-refractivity contribution in [1.82, 2.24) is 15.5 Å². The first-order chi connectivity index (χ1) is 17.7. The van der Waals surface area contributed by atoms with Gasteiger partial charge in [0.05, 0.1) is 16.8 Å². The van der Waals surface area contributed by atoms with Crippen LogP contribution in [0.15, 0.2) is 36.4 Å². The highest BCUT2D eigenvalue weighted by molar-refractivity contribution is 6.33. The van der Waals surface area contributed by atoms with Gasteiger partial charge in [-0.05, 0) is 57.4 Å². The number of methoxy groups -OCH3 is 1. The van der Waals surface area contributed by atoms with Gasteiger partial charge in [0.2, 0.25) is 0 Å². The SMILES string of the molecule is COCOc1c(C#N)cccc1-c1ccc2nnc(Cl)c(N3CCC(NC(=O)OC(C)(C)C)CC3)c2c1. The Labute approximate surface area is 221 Å². The fourth-order valence-electron chi connectivity index (χ4n) is 4.38. The Balaban J connectivity index is 1.63. The molecule has 0 radical (unpaired) electrons. The van der Waals surface area contributed by atoms with Crippen molar-refractivity contribution in [3.05, 3.63) is 47.1 Å². The number of hydrogen-bond donors (Lipinski definition) is 1. The van der Waals surface area contributed by atoms with Crippen LogP contribution in [0.25, 0.3) is 22.0 Å². The van der Waals surface area contributed by atoms with Gasteiger partial charge in [-0.3, -0.25) is 0 Å². The number of benzene rings is 2. The molecule has 0 aliphatic carbocycles. The highest BCUT2D eigenvalue weighted by Crippen LogP contribution is 2.38. The minimum absolute atomic E-state index is 0.00992. The third kappa shape index (κ3) is 6.21. The molecule has 1 aromatic heterocycles. The van der Waals surface area contributed by atoms with E-state index in [2.05, 4.69) is 26.5 Å². The lowest BCUT2D eigenvalue weighted by Gasteiger charge is -2.35. The second-order valence-electron chi connectivity index (χ2n) is 9.82. The number of amides is 1. The van der Waals surface area contributed by atoms with Crippen LogP contribution in [-0.2, 0) is 9.47 Å². The highest BCUT2D eigenvalue weighted by Gasteiger charge is 2.26. The number of fused-ring (bicyclic) bond motifs is 1. The zero-order chi connectivity index (χ0) is 26.6. The molecule has 1 saturated heterocycles. The minimum atomic E-state index is -0.543. The third-order valence-corrected chi connectivity index (χ3v) is 6.25. The molecule has 10 heteroatoms. The van der Waals surface area contributed by atoms with Gasteiger partial charge in [0, 0.05) is 37.2 Å². The van der Waals surface area contributed by atoms with E-state index in [-0.39, 0.29) is 12.8 Å². The first kappa shape index (κ1) is 26.5. The van der Waals surface area contributed by atoms with E-state index in [1.807, 2.05) is 51.1 Å². The van der Waals surface area contributed by atoms with Crippen molar-refractivity contribution in [2.75, 3.05) is 31.9 Å². The number of aromatic nitrogens is 2. The lowest BCUT2D eigenvalue weighted by atomic mass is 9.99. The second kappa shape index (κ2) is 11.2. The van der Waals surface area contributed by atoms with Crippen LogP contribution < -0.4 is 15.0 Å². The number of rotatable bonds is 6. The average molecular weight is 524 g/mol. The van der Waals surface area contributed by atoms with Crippen LogP contribution in [-0.4, -0.2) is 54.9 Å². The molecule has 4 rings (SSSR count). The van der Waals surface area contributed by atoms with Crippen molar-refractivity contribution >= 4 is 34.3 Å². The summed E-state index contributed by atoms with van der Waals surface area (Å²) in [6.07, 6.45) is 1.06. The summed E-state index contributed by atoms with van der Waals surface area (Å²) >= 11 is 6.59. The van der Waals surface area contributed by atoms with Gasteiger partial charge in [-0.1, -0.05) is 29.8 Å². The maximum absolute atomic E-state index is 12.2. The van der Waals surface area contributed by atoms with Crippen LogP contribution in [0.1, 0.15) is 39.2 Å². The largest absolute Gasteiger partial charge is 0.466 e. The van der Waals surface area contributed by atoms with Crippen molar-refractivity contribution in [3.63, 3.8) is 0 Å². The van der Waals surface area contributed by atoms with Crippen molar-refractivity contribution in [2.45, 2.75) is 45.3 Å². The molecule has 2 aromatic carbocycles. The molecule has 9 nitrogen and oxygen atoms in total. The van der Waals surface area contributed by atoms with Gasteiger partial charge in [0.15, 0.2) is 11.9 Å². The number of hydrogen-bond acceptors (Lipinski definition) is 8. The fourth-order valence-corrected chi connectivity index (χ4v) is 4.64. The zero-order valence-electron chi connectivity index (χ0n) is 21.4. The minimum Gasteiger partial charge on any atom is -0.466 e. The van der Waals surface area contributed by atoms with E-state index in [9.17, 15) is 10.1 Å². The molecule has 0 bridgehead atoms. The Morgan fingerprint density at radius 2 is 1.97 bits per heavy atom. The number of anilines is 1. The van der Waals surface area contributed by atoms with Gasteiger partial charge in [-0.15, -0.1) is 10.2 Å². The van der Waals surface area contributed by atoms with Crippen LogP contribution in [0.2, 0.25) is 5.15 Å². The number of carbonyl (C=O) groups is 1. The van der Waals surface area contributed by atoms with E-state index in [1.54, 1.807) is 6.07 Å². The predicted molar refractivity (Wildman–Crippen MR) is 142 cm³/mol. The molecular weight excluding hydrogens is 494 g/mol. The number of piperidine rings is 1. The Bertz CT molecular complexity index is 1330. The van der Waals surface area contributed by atoms with Gasteiger partial charge in [0.1, 0.15) is 17.4 Å². The monoisotopic (exact) mass is 523 g/mol. The van der Waals surface area contributed by atoms with Crippen LogP contribution in [0.3, 0.4) is 0 Å². The van der Waals surface area contributed by atoms with Crippen LogP contribution in [0.4, 0.5) is 10.5 Å². The smallest absolute Gasteiger partial charge is 0.407 e. The number of halogens is 1. The molecule has 1 aliphatic rings. The van der Waals surface area contributed by atoms with Gasteiger partial charge >= 0.3 is 6.09 Å². The Kier molecular flexibility index (Phi) is 8.00. The van der Waals surface area contributed by atoms with E-state index in [4.69, 9.17) is 25.8 Å². The van der Waals surface area contributed by atoms with E-state index in [0.717, 1.165) is 35.0 Å². The zero-order valence-corrected chi connectivity index (χ0v) is 22.1. The molecule has 0 spiro atoms. The Morgan fingerprint density at radius 1 is 1.22 bits per heavy atom. The molecule has 1 N–H and O–H groups in total. The Morgan fingerprint density at radius 3 is 2.65 bits per heavy atom. The lowest BCUT2D eigenvalue weighted by Crippen LogP contribution is -2.46. The fraction of sp³-hybridized carbons (Fsp3) is 0.407. The van der Waals surface area contributed by atoms with E-state index >= 15 is 0 Å². The first-order valence-corrected chi connectivity index (χ1v) is 12.4. The number of ether oxygens (including phenoxy) is 3. The van der Waals surface area contributed by atoms with Gasteiger partial charge < -0.3 is 24.4 Å². The van der Waals surface area contributed by atoms with Crippen LogP contribution in [0, 0.1) is 11.3 Å². The molecule has 1 aliphatic heterocycles. The topological polar surface area (TPSA) is 110 Å². The molecular formula is C27H30ClN5O4. The maximum atomic E-state index is 12.2. The summed E-state index contributed by atoms with van der Waals surface area (Å²) in [5, 5.41) is 22.2.